The van der Waals surface area contributed by atoms with Crippen LogP contribution in [-0.2, 0) is 26.2 Å². The van der Waals surface area contributed by atoms with Crippen LogP contribution in [0.25, 0.3) is 0 Å². The van der Waals surface area contributed by atoms with Gasteiger partial charge in [0.1, 0.15) is 0 Å². The molecular weight excluding hydrogens is 412 g/mol. The van der Waals surface area contributed by atoms with Crippen LogP contribution in [0.4, 0.5) is 5.69 Å². The fourth-order valence-corrected chi connectivity index (χ4v) is 5.55. The minimum Gasteiger partial charge on any atom is -0.274 e. The molecule has 0 bridgehead atoms. The number of halogens is 1. The Kier molecular flexibility index (Phi) is 5.23. The van der Waals surface area contributed by atoms with E-state index in [-0.39, 0.29) is 40.4 Å². The van der Waals surface area contributed by atoms with Gasteiger partial charge in [0.15, 0.2) is 0 Å². The fraction of sp³-hybridized carbons (Fsp3) is 0.333. The third-order valence-corrected chi connectivity index (χ3v) is 7.44. The molecule has 0 aromatic heterocycles. The van der Waals surface area contributed by atoms with Crippen molar-refractivity contribution in [2.45, 2.75) is 43.5 Å². The van der Waals surface area contributed by atoms with Crippen LogP contribution in [0.15, 0.2) is 53.4 Å². The number of amides is 2. The van der Waals surface area contributed by atoms with Crippen LogP contribution in [-0.4, -0.2) is 20.2 Å². The summed E-state index contributed by atoms with van der Waals surface area (Å²) in [4.78, 5) is 26.6. The van der Waals surface area contributed by atoms with Crippen LogP contribution in [0.5, 0.6) is 0 Å². The van der Waals surface area contributed by atoms with E-state index in [2.05, 4.69) is 4.72 Å². The van der Waals surface area contributed by atoms with E-state index in [4.69, 9.17) is 11.6 Å². The van der Waals surface area contributed by atoms with Crippen LogP contribution < -0.4 is 9.62 Å². The second kappa shape index (κ2) is 7.55. The average Bonchev–Trinajstić information content (AvgIpc) is 3.26. The minimum absolute atomic E-state index is 0.0168. The Morgan fingerprint density at radius 1 is 1.03 bits per heavy atom. The van der Waals surface area contributed by atoms with Crippen molar-refractivity contribution >= 4 is 39.1 Å². The summed E-state index contributed by atoms with van der Waals surface area (Å²) >= 11 is 6.32. The van der Waals surface area contributed by atoms with E-state index in [1.54, 1.807) is 0 Å². The van der Waals surface area contributed by atoms with Crippen molar-refractivity contribution < 1.29 is 18.0 Å². The zero-order valence-electron chi connectivity index (χ0n) is 15.7. The third-order valence-electron chi connectivity index (χ3n) is 5.74. The van der Waals surface area contributed by atoms with Gasteiger partial charge in [-0.1, -0.05) is 54.8 Å². The third kappa shape index (κ3) is 3.70. The monoisotopic (exact) mass is 432 g/mol. The first kappa shape index (κ1) is 20.1. The van der Waals surface area contributed by atoms with E-state index >= 15 is 0 Å². The lowest BCUT2D eigenvalue weighted by Gasteiger charge is -2.21. The highest BCUT2D eigenvalue weighted by molar-refractivity contribution is 7.89. The first-order valence-corrected chi connectivity index (χ1v) is 11.4. The highest BCUT2D eigenvalue weighted by Crippen LogP contribution is 2.48. The summed E-state index contributed by atoms with van der Waals surface area (Å²) in [6.07, 6.45) is 3.49. The normalized spacial score (nSPS) is 18.7. The second-order valence-electron chi connectivity index (χ2n) is 7.62. The van der Waals surface area contributed by atoms with E-state index in [0.29, 0.717) is 12.8 Å². The van der Waals surface area contributed by atoms with Gasteiger partial charge in [0, 0.05) is 13.0 Å². The van der Waals surface area contributed by atoms with Gasteiger partial charge < -0.3 is 0 Å². The molecule has 4 rings (SSSR count). The van der Waals surface area contributed by atoms with Crippen molar-refractivity contribution in [3.63, 3.8) is 0 Å². The highest BCUT2D eigenvalue weighted by atomic mass is 35.5. The summed E-state index contributed by atoms with van der Waals surface area (Å²) in [5.41, 5.74) is 0.462. The maximum Gasteiger partial charge on any atom is 0.240 e. The summed E-state index contributed by atoms with van der Waals surface area (Å²) in [6.45, 7) is 0.147. The predicted octanol–water partition coefficient (Wildman–Crippen LogP) is 3.64. The van der Waals surface area contributed by atoms with Gasteiger partial charge in [0.2, 0.25) is 21.8 Å². The van der Waals surface area contributed by atoms with Crippen molar-refractivity contribution in [3.05, 3.63) is 59.1 Å². The van der Waals surface area contributed by atoms with E-state index in [0.717, 1.165) is 23.3 Å². The van der Waals surface area contributed by atoms with Crippen LogP contribution >= 0.6 is 11.6 Å². The summed E-state index contributed by atoms with van der Waals surface area (Å²) in [5, 5.41) is 0.0596. The molecule has 2 aromatic rings. The number of imide groups is 1. The number of hydrogen-bond donors (Lipinski definition) is 1. The van der Waals surface area contributed by atoms with Gasteiger partial charge in [-0.05, 0) is 36.6 Å². The molecular formula is C21H21ClN2O4S. The quantitative estimate of drug-likeness (QED) is 0.731. The van der Waals surface area contributed by atoms with Crippen LogP contribution in [0.1, 0.15) is 37.7 Å². The van der Waals surface area contributed by atoms with E-state index in [1.165, 1.54) is 18.2 Å². The number of anilines is 1. The Hall–Kier alpha value is -2.22. The number of carbonyl (C=O) groups excluding carboxylic acids is 2. The number of carbonyl (C=O) groups is 2. The number of nitrogens with one attached hydrogen (secondary N) is 1. The lowest BCUT2D eigenvalue weighted by Crippen LogP contribution is -2.34. The first-order chi connectivity index (χ1) is 13.8. The van der Waals surface area contributed by atoms with Gasteiger partial charge in [-0.2, -0.15) is 0 Å². The Labute approximate surface area is 174 Å². The maximum atomic E-state index is 12.9. The maximum absolute atomic E-state index is 12.9. The standard InChI is InChI=1S/C21H21ClN2O4S/c22-17-12-16(29(27,28)23-14-15-6-2-1-3-7-15)8-9-18(17)24-19(25)13-21(20(24)26)10-4-5-11-21/h1-3,6-9,12,23H,4-5,10-11,13-14H2. The Morgan fingerprint density at radius 2 is 1.72 bits per heavy atom. The van der Waals surface area contributed by atoms with Gasteiger partial charge in [0.25, 0.3) is 0 Å². The molecule has 2 fully saturated rings. The second-order valence-corrected chi connectivity index (χ2v) is 9.80. The topological polar surface area (TPSA) is 83.6 Å². The van der Waals surface area contributed by atoms with Gasteiger partial charge in [-0.3, -0.25) is 9.59 Å². The molecule has 2 aliphatic rings. The number of nitrogens with zero attached hydrogens (tertiary/aromatic N) is 1. The van der Waals surface area contributed by atoms with Crippen molar-refractivity contribution in [2.75, 3.05) is 4.90 Å². The summed E-state index contributed by atoms with van der Waals surface area (Å²) in [7, 11) is -3.79. The molecule has 0 unspecified atom stereocenters. The number of rotatable bonds is 5. The number of benzene rings is 2. The Bertz CT molecular complexity index is 1060. The molecule has 0 radical (unpaired) electrons. The molecule has 2 amide bonds. The molecule has 29 heavy (non-hydrogen) atoms. The van der Waals surface area contributed by atoms with Gasteiger partial charge in [-0.25, -0.2) is 18.0 Å². The molecule has 1 heterocycles. The molecule has 1 saturated carbocycles. The molecule has 0 atom stereocenters. The minimum atomic E-state index is -3.79. The van der Waals surface area contributed by atoms with E-state index in [9.17, 15) is 18.0 Å². The predicted molar refractivity (Wildman–Crippen MR) is 110 cm³/mol. The molecule has 152 valence electrons. The number of hydrogen-bond acceptors (Lipinski definition) is 4. The van der Waals surface area contributed by atoms with Gasteiger partial charge in [-0.15, -0.1) is 0 Å². The summed E-state index contributed by atoms with van der Waals surface area (Å²) in [5.74, 6) is -0.503. The zero-order valence-corrected chi connectivity index (χ0v) is 17.3. The fourth-order valence-electron chi connectivity index (χ4n) is 4.17. The van der Waals surface area contributed by atoms with Gasteiger partial charge in [0.05, 0.1) is 21.0 Å². The molecule has 6 nitrogen and oxygen atoms in total. The lowest BCUT2D eigenvalue weighted by molar-refractivity contribution is -0.125. The van der Waals surface area contributed by atoms with Gasteiger partial charge >= 0.3 is 0 Å². The molecule has 2 aromatic carbocycles. The Balaban J connectivity index is 1.56. The van der Waals surface area contributed by atoms with Crippen molar-refractivity contribution in [2.24, 2.45) is 5.41 Å². The largest absolute Gasteiger partial charge is 0.274 e. The van der Waals surface area contributed by atoms with Crippen molar-refractivity contribution in [1.29, 1.82) is 0 Å². The first-order valence-electron chi connectivity index (χ1n) is 9.53. The van der Waals surface area contributed by atoms with E-state index in [1.807, 2.05) is 30.3 Å². The molecule has 1 spiro atoms. The smallest absolute Gasteiger partial charge is 0.240 e. The van der Waals surface area contributed by atoms with Crippen molar-refractivity contribution in [1.82, 2.24) is 4.72 Å². The Morgan fingerprint density at radius 3 is 2.38 bits per heavy atom. The average molecular weight is 433 g/mol. The summed E-state index contributed by atoms with van der Waals surface area (Å²) in [6, 6.07) is 13.2. The summed E-state index contributed by atoms with van der Waals surface area (Å²) < 4.78 is 27.7. The van der Waals surface area contributed by atoms with Crippen molar-refractivity contribution in [3.8, 4) is 0 Å². The van der Waals surface area contributed by atoms with E-state index < -0.39 is 15.4 Å². The molecule has 1 saturated heterocycles. The zero-order chi connectivity index (χ0) is 20.6. The lowest BCUT2D eigenvalue weighted by atomic mass is 9.84. The molecule has 1 aliphatic heterocycles. The van der Waals surface area contributed by atoms with Crippen LogP contribution in [0, 0.1) is 5.41 Å². The van der Waals surface area contributed by atoms with Crippen LogP contribution in [0.2, 0.25) is 5.02 Å². The number of sulfonamides is 1. The molecule has 1 aliphatic carbocycles. The highest BCUT2D eigenvalue weighted by Gasteiger charge is 2.53. The molecule has 8 heteroatoms. The SMILES string of the molecule is O=C1CC2(CCCC2)C(=O)N1c1ccc(S(=O)(=O)NCc2ccccc2)cc1Cl. The van der Waals surface area contributed by atoms with Crippen LogP contribution in [0.3, 0.4) is 0 Å². The molecule has 1 N–H and O–H groups in total.